The van der Waals surface area contributed by atoms with E-state index in [-0.39, 0.29) is 11.9 Å². The van der Waals surface area contributed by atoms with Gasteiger partial charge < -0.3 is 14.2 Å². The van der Waals surface area contributed by atoms with E-state index >= 15 is 0 Å². The minimum absolute atomic E-state index is 0.0312. The summed E-state index contributed by atoms with van der Waals surface area (Å²) in [4.78, 5) is 14.3. The lowest BCUT2D eigenvalue weighted by molar-refractivity contribution is -0.133. The van der Waals surface area contributed by atoms with Crippen molar-refractivity contribution in [3.05, 3.63) is 53.9 Å². The standard InChI is InChI=1S/C17H20N2O2/c1-3-16(20)19-11-10-18-9-5-8-15(18)17(19)13-6-4-7-14(12-13)21-2/h4-9,12,17H,3,10-11H2,1-2H3. The Labute approximate surface area is 124 Å². The van der Waals surface area contributed by atoms with Gasteiger partial charge in [-0.2, -0.15) is 0 Å². The first-order chi connectivity index (χ1) is 10.2. The largest absolute Gasteiger partial charge is 0.497 e. The van der Waals surface area contributed by atoms with Gasteiger partial charge in [0.1, 0.15) is 5.75 Å². The zero-order valence-corrected chi connectivity index (χ0v) is 12.5. The first-order valence-corrected chi connectivity index (χ1v) is 7.33. The van der Waals surface area contributed by atoms with E-state index in [1.165, 1.54) is 0 Å². The Balaban J connectivity index is 2.07. The normalized spacial score (nSPS) is 17.4. The first-order valence-electron chi connectivity index (χ1n) is 7.33. The Morgan fingerprint density at radius 1 is 1.29 bits per heavy atom. The molecule has 4 heteroatoms. The maximum atomic E-state index is 12.3. The predicted octanol–water partition coefficient (Wildman–Crippen LogP) is 2.84. The predicted molar refractivity (Wildman–Crippen MR) is 81.3 cm³/mol. The van der Waals surface area contributed by atoms with Gasteiger partial charge in [-0.1, -0.05) is 19.1 Å². The van der Waals surface area contributed by atoms with Crippen molar-refractivity contribution in [2.24, 2.45) is 0 Å². The molecule has 0 N–H and O–H groups in total. The minimum Gasteiger partial charge on any atom is -0.497 e. The van der Waals surface area contributed by atoms with Crippen LogP contribution in [0.3, 0.4) is 0 Å². The smallest absolute Gasteiger partial charge is 0.223 e. The molecule has 1 aliphatic rings. The molecule has 4 nitrogen and oxygen atoms in total. The summed E-state index contributed by atoms with van der Waals surface area (Å²) in [5, 5.41) is 0. The van der Waals surface area contributed by atoms with Crippen LogP contribution < -0.4 is 4.74 Å². The third kappa shape index (κ3) is 2.42. The third-order valence-corrected chi connectivity index (χ3v) is 4.07. The molecule has 0 aliphatic carbocycles. The van der Waals surface area contributed by atoms with E-state index in [1.54, 1.807) is 7.11 Å². The van der Waals surface area contributed by atoms with Crippen LogP contribution in [0, 0.1) is 0 Å². The fraction of sp³-hybridized carbons (Fsp3) is 0.353. The number of hydrogen-bond acceptors (Lipinski definition) is 2. The molecule has 0 fully saturated rings. The lowest BCUT2D eigenvalue weighted by atomic mass is 9.99. The Morgan fingerprint density at radius 3 is 2.90 bits per heavy atom. The van der Waals surface area contributed by atoms with Crippen LogP contribution in [0.15, 0.2) is 42.6 Å². The van der Waals surface area contributed by atoms with Gasteiger partial charge in [-0.15, -0.1) is 0 Å². The number of amides is 1. The molecule has 3 rings (SSSR count). The molecule has 1 aliphatic heterocycles. The number of methoxy groups -OCH3 is 1. The molecule has 1 aromatic carbocycles. The number of carbonyl (C=O) groups is 1. The average molecular weight is 284 g/mol. The molecule has 1 unspecified atom stereocenters. The van der Waals surface area contributed by atoms with Crippen molar-refractivity contribution in [2.45, 2.75) is 25.9 Å². The molecule has 0 saturated carbocycles. The average Bonchev–Trinajstić information content (AvgIpc) is 3.01. The van der Waals surface area contributed by atoms with Gasteiger partial charge in [0, 0.05) is 31.4 Å². The highest BCUT2D eigenvalue weighted by molar-refractivity contribution is 5.77. The molecule has 0 saturated heterocycles. The van der Waals surface area contributed by atoms with Crippen LogP contribution in [-0.2, 0) is 11.3 Å². The summed E-state index contributed by atoms with van der Waals surface area (Å²) >= 11 is 0. The third-order valence-electron chi connectivity index (χ3n) is 4.07. The van der Waals surface area contributed by atoms with E-state index in [0.29, 0.717) is 6.42 Å². The maximum Gasteiger partial charge on any atom is 0.223 e. The molecule has 21 heavy (non-hydrogen) atoms. The van der Waals surface area contributed by atoms with E-state index in [9.17, 15) is 4.79 Å². The molecule has 110 valence electrons. The fourth-order valence-electron chi connectivity index (χ4n) is 3.02. The molecule has 0 spiro atoms. The van der Waals surface area contributed by atoms with Crippen LogP contribution in [0.1, 0.15) is 30.6 Å². The summed E-state index contributed by atoms with van der Waals surface area (Å²) in [6.45, 7) is 3.52. The van der Waals surface area contributed by atoms with Gasteiger partial charge in [-0.3, -0.25) is 4.79 Å². The molecular formula is C17H20N2O2. The van der Waals surface area contributed by atoms with Gasteiger partial charge in [0.2, 0.25) is 5.91 Å². The Kier molecular flexibility index (Phi) is 3.69. The molecule has 2 aromatic rings. The van der Waals surface area contributed by atoms with Crippen LogP contribution in [0.25, 0.3) is 0 Å². The zero-order valence-electron chi connectivity index (χ0n) is 12.5. The highest BCUT2D eigenvalue weighted by Crippen LogP contribution is 2.34. The van der Waals surface area contributed by atoms with Crippen LogP contribution in [0.5, 0.6) is 5.75 Å². The zero-order chi connectivity index (χ0) is 14.8. The number of fused-ring (bicyclic) bond motifs is 1. The van der Waals surface area contributed by atoms with Crippen LogP contribution in [0.4, 0.5) is 0 Å². The first kappa shape index (κ1) is 13.7. The second kappa shape index (κ2) is 5.64. The number of rotatable bonds is 3. The molecule has 0 bridgehead atoms. The number of benzene rings is 1. The Morgan fingerprint density at radius 2 is 2.14 bits per heavy atom. The van der Waals surface area contributed by atoms with Crippen LogP contribution in [-0.4, -0.2) is 29.0 Å². The summed E-state index contributed by atoms with van der Waals surface area (Å²) in [6.07, 6.45) is 2.61. The van der Waals surface area contributed by atoms with E-state index in [0.717, 1.165) is 30.1 Å². The SMILES string of the molecule is CCC(=O)N1CCn2cccc2C1c1cccc(OC)c1. The molecule has 0 radical (unpaired) electrons. The number of aromatic nitrogens is 1. The van der Waals surface area contributed by atoms with Gasteiger partial charge in [-0.25, -0.2) is 0 Å². The van der Waals surface area contributed by atoms with Gasteiger partial charge >= 0.3 is 0 Å². The second-order valence-corrected chi connectivity index (χ2v) is 5.25. The maximum absolute atomic E-state index is 12.3. The number of hydrogen-bond donors (Lipinski definition) is 0. The molecule has 1 atom stereocenters. The van der Waals surface area contributed by atoms with Gasteiger partial charge in [-0.05, 0) is 29.8 Å². The van der Waals surface area contributed by atoms with Crippen molar-refractivity contribution in [3.63, 3.8) is 0 Å². The summed E-state index contributed by atoms with van der Waals surface area (Å²) in [5.41, 5.74) is 2.26. The van der Waals surface area contributed by atoms with E-state index in [2.05, 4.69) is 22.9 Å². The monoisotopic (exact) mass is 284 g/mol. The topological polar surface area (TPSA) is 34.5 Å². The lowest BCUT2D eigenvalue weighted by Gasteiger charge is -2.37. The molecule has 2 heterocycles. The van der Waals surface area contributed by atoms with Gasteiger partial charge in [0.05, 0.1) is 13.2 Å². The molecule has 1 amide bonds. The highest BCUT2D eigenvalue weighted by atomic mass is 16.5. The summed E-state index contributed by atoms with van der Waals surface area (Å²) in [5.74, 6) is 1.01. The number of carbonyl (C=O) groups excluding carboxylic acids is 1. The summed E-state index contributed by atoms with van der Waals surface area (Å²) < 4.78 is 7.55. The fourth-order valence-corrected chi connectivity index (χ4v) is 3.02. The quantitative estimate of drug-likeness (QED) is 0.868. The summed E-state index contributed by atoms with van der Waals surface area (Å²) in [6, 6.07) is 12.1. The summed E-state index contributed by atoms with van der Waals surface area (Å²) in [7, 11) is 1.66. The van der Waals surface area contributed by atoms with Crippen molar-refractivity contribution in [2.75, 3.05) is 13.7 Å². The second-order valence-electron chi connectivity index (χ2n) is 5.25. The highest BCUT2D eigenvalue weighted by Gasteiger charge is 2.31. The van der Waals surface area contributed by atoms with Crippen molar-refractivity contribution in [1.29, 1.82) is 0 Å². The van der Waals surface area contributed by atoms with Crippen molar-refractivity contribution < 1.29 is 9.53 Å². The lowest BCUT2D eigenvalue weighted by Crippen LogP contribution is -2.42. The number of nitrogens with zero attached hydrogens (tertiary/aromatic N) is 2. The van der Waals surface area contributed by atoms with Crippen molar-refractivity contribution >= 4 is 5.91 Å². The van der Waals surface area contributed by atoms with Gasteiger partial charge in [0.15, 0.2) is 0 Å². The van der Waals surface area contributed by atoms with Crippen LogP contribution in [0.2, 0.25) is 0 Å². The molecular weight excluding hydrogens is 264 g/mol. The minimum atomic E-state index is -0.0312. The van der Waals surface area contributed by atoms with E-state index < -0.39 is 0 Å². The van der Waals surface area contributed by atoms with Crippen molar-refractivity contribution in [3.8, 4) is 5.75 Å². The Hall–Kier alpha value is -2.23. The Bertz CT molecular complexity index is 648. The van der Waals surface area contributed by atoms with E-state index in [4.69, 9.17) is 4.74 Å². The van der Waals surface area contributed by atoms with Gasteiger partial charge in [0.25, 0.3) is 0 Å². The van der Waals surface area contributed by atoms with E-state index in [1.807, 2.05) is 36.1 Å². The molecule has 1 aromatic heterocycles. The number of ether oxygens (including phenoxy) is 1. The van der Waals surface area contributed by atoms with Crippen LogP contribution >= 0.6 is 0 Å². The van der Waals surface area contributed by atoms with Crippen molar-refractivity contribution in [1.82, 2.24) is 9.47 Å².